The third kappa shape index (κ3) is 6.09. The lowest BCUT2D eigenvalue weighted by atomic mass is 9.90. The van der Waals surface area contributed by atoms with Gasteiger partial charge in [-0.3, -0.25) is 0 Å². The van der Waals surface area contributed by atoms with E-state index >= 15 is 0 Å². The summed E-state index contributed by atoms with van der Waals surface area (Å²) in [6, 6.07) is 7.87. The summed E-state index contributed by atoms with van der Waals surface area (Å²) in [5.41, 5.74) is 2.13. The topological polar surface area (TPSA) is 134 Å². The zero-order valence-electron chi connectivity index (χ0n) is 21.6. The molecule has 2 fully saturated rings. The Kier molecular flexibility index (Phi) is 7.57. The van der Waals surface area contributed by atoms with Crippen molar-refractivity contribution in [1.29, 1.82) is 5.41 Å². The number of anilines is 3. The summed E-state index contributed by atoms with van der Waals surface area (Å²) < 4.78 is 36.7. The van der Waals surface area contributed by atoms with E-state index in [4.69, 9.17) is 14.9 Å². The normalized spacial score (nSPS) is 23.4. The third-order valence-electron chi connectivity index (χ3n) is 7.02. The van der Waals surface area contributed by atoms with Crippen molar-refractivity contribution in [3.63, 3.8) is 0 Å². The number of allylic oxidation sites excluding steroid dienone is 2. The molecule has 2 aliphatic heterocycles. The Morgan fingerprint density at radius 3 is 2.47 bits per heavy atom. The predicted octanol–water partition coefficient (Wildman–Crippen LogP) is 2.62. The molecule has 1 aromatic carbocycles. The van der Waals surface area contributed by atoms with E-state index < -0.39 is 15.6 Å². The number of nitrogens with one attached hydrogen (secondary N) is 2. The van der Waals surface area contributed by atoms with Crippen LogP contribution in [0.2, 0.25) is 0 Å². The summed E-state index contributed by atoms with van der Waals surface area (Å²) >= 11 is 0. The Bertz CT molecular complexity index is 1330. The van der Waals surface area contributed by atoms with Crippen LogP contribution >= 0.6 is 0 Å². The van der Waals surface area contributed by atoms with E-state index in [0.29, 0.717) is 56.9 Å². The van der Waals surface area contributed by atoms with Gasteiger partial charge in [-0.15, -0.1) is 0 Å². The number of piperazine rings is 1. The highest BCUT2D eigenvalue weighted by atomic mass is 32.2. The van der Waals surface area contributed by atoms with Gasteiger partial charge in [-0.25, -0.2) is 18.4 Å². The molecule has 3 aliphatic rings. The van der Waals surface area contributed by atoms with Crippen molar-refractivity contribution in [2.45, 2.75) is 31.5 Å². The molecule has 0 spiro atoms. The number of nitrogens with zero attached hydrogens (tertiary/aromatic N) is 5. The van der Waals surface area contributed by atoms with Gasteiger partial charge in [-0.1, -0.05) is 6.08 Å². The van der Waals surface area contributed by atoms with Gasteiger partial charge in [0.15, 0.2) is 5.82 Å². The number of aromatic nitrogens is 3. The average molecular weight is 540 g/mol. The van der Waals surface area contributed by atoms with Gasteiger partial charge >= 0.3 is 0 Å². The van der Waals surface area contributed by atoms with Crippen molar-refractivity contribution >= 4 is 38.6 Å². The third-order valence-corrected chi connectivity index (χ3v) is 8.32. The standard InChI is InChI=1S/C26H33N7O4S/c1-26(37-22-8-15-36-16-9-22)10-7-19(17-23(26)27)24-28-18-29-25(31-24)30-20-3-5-21(6-4-20)32-11-13-33(14-12-32)38(2,34)35/h3-7,10,17-18,22,27H,8-9,11-16H2,1-2H3,(H,28,29,30,31). The van der Waals surface area contributed by atoms with Gasteiger partial charge in [0.2, 0.25) is 16.0 Å². The second-order valence-corrected chi connectivity index (χ2v) is 11.8. The number of hydrogen-bond donors (Lipinski definition) is 2. The molecule has 0 amide bonds. The summed E-state index contributed by atoms with van der Waals surface area (Å²) in [5, 5.41) is 11.8. The van der Waals surface area contributed by atoms with E-state index in [2.05, 4.69) is 25.2 Å². The van der Waals surface area contributed by atoms with Crippen LogP contribution in [0.25, 0.3) is 5.57 Å². The van der Waals surface area contributed by atoms with Crippen LogP contribution in [0.15, 0.2) is 48.8 Å². The van der Waals surface area contributed by atoms with Crippen LogP contribution in [0.5, 0.6) is 0 Å². The van der Waals surface area contributed by atoms with Crippen molar-refractivity contribution in [1.82, 2.24) is 19.3 Å². The fourth-order valence-electron chi connectivity index (χ4n) is 4.73. The number of hydrogen-bond acceptors (Lipinski definition) is 10. The molecule has 202 valence electrons. The van der Waals surface area contributed by atoms with Crippen LogP contribution in [-0.4, -0.2) is 90.7 Å². The Hall–Kier alpha value is -3.19. The van der Waals surface area contributed by atoms with E-state index in [-0.39, 0.29) is 6.10 Å². The molecule has 0 radical (unpaired) electrons. The molecule has 12 heteroatoms. The number of benzene rings is 1. The zero-order chi connectivity index (χ0) is 26.8. The van der Waals surface area contributed by atoms with Gasteiger partial charge in [0.05, 0.1) is 18.1 Å². The molecule has 5 rings (SSSR count). The van der Waals surface area contributed by atoms with Crippen LogP contribution in [0.3, 0.4) is 0 Å². The highest BCUT2D eigenvalue weighted by molar-refractivity contribution is 7.88. The van der Waals surface area contributed by atoms with E-state index in [9.17, 15) is 8.42 Å². The number of rotatable bonds is 7. The fourth-order valence-corrected chi connectivity index (χ4v) is 5.55. The van der Waals surface area contributed by atoms with Crippen molar-refractivity contribution < 1.29 is 17.9 Å². The molecule has 2 saturated heterocycles. The van der Waals surface area contributed by atoms with Crippen LogP contribution in [0.4, 0.5) is 17.3 Å². The van der Waals surface area contributed by atoms with E-state index in [1.807, 2.05) is 43.3 Å². The summed E-state index contributed by atoms with van der Waals surface area (Å²) in [4.78, 5) is 15.3. The monoisotopic (exact) mass is 539 g/mol. The molecular formula is C26H33N7O4S. The maximum atomic E-state index is 11.7. The maximum absolute atomic E-state index is 11.7. The van der Waals surface area contributed by atoms with Crippen LogP contribution < -0.4 is 10.2 Å². The molecule has 1 aromatic heterocycles. The fraction of sp³-hybridized carbons (Fsp3) is 0.462. The number of sulfonamides is 1. The highest BCUT2D eigenvalue weighted by Crippen LogP contribution is 2.29. The van der Waals surface area contributed by atoms with Gasteiger partial charge < -0.3 is 25.1 Å². The lowest BCUT2D eigenvalue weighted by Gasteiger charge is -2.34. The molecule has 1 atom stereocenters. The smallest absolute Gasteiger partial charge is 0.230 e. The zero-order valence-corrected chi connectivity index (χ0v) is 22.4. The van der Waals surface area contributed by atoms with Gasteiger partial charge in [-0.2, -0.15) is 9.29 Å². The van der Waals surface area contributed by atoms with Crippen molar-refractivity contribution in [3.8, 4) is 0 Å². The molecule has 0 saturated carbocycles. The minimum Gasteiger partial charge on any atom is -0.381 e. The Balaban J connectivity index is 1.21. The van der Waals surface area contributed by atoms with Crippen LogP contribution in [-0.2, 0) is 19.5 Å². The molecule has 3 heterocycles. The lowest BCUT2D eigenvalue weighted by Crippen LogP contribution is -2.48. The number of ether oxygens (including phenoxy) is 2. The van der Waals surface area contributed by atoms with Crippen molar-refractivity contribution in [3.05, 3.63) is 54.6 Å². The Morgan fingerprint density at radius 1 is 1.11 bits per heavy atom. The summed E-state index contributed by atoms with van der Waals surface area (Å²) in [6.45, 7) is 5.53. The van der Waals surface area contributed by atoms with Crippen LogP contribution in [0.1, 0.15) is 25.6 Å². The first-order valence-corrected chi connectivity index (χ1v) is 14.6. The summed E-state index contributed by atoms with van der Waals surface area (Å²) in [7, 11) is -3.15. The Morgan fingerprint density at radius 2 is 1.82 bits per heavy atom. The first-order chi connectivity index (χ1) is 18.2. The van der Waals surface area contributed by atoms with Gasteiger partial charge in [0, 0.05) is 56.3 Å². The maximum Gasteiger partial charge on any atom is 0.230 e. The molecular weight excluding hydrogens is 506 g/mol. The van der Waals surface area contributed by atoms with Crippen molar-refractivity contribution in [2.24, 2.45) is 0 Å². The molecule has 2 aromatic rings. The Labute approximate surface area is 223 Å². The lowest BCUT2D eigenvalue weighted by molar-refractivity contribution is -0.0685. The van der Waals surface area contributed by atoms with Gasteiger partial charge in [0.25, 0.3) is 0 Å². The summed E-state index contributed by atoms with van der Waals surface area (Å²) in [6.07, 6.45) is 9.97. The molecule has 2 N–H and O–H groups in total. The minimum atomic E-state index is -3.15. The van der Waals surface area contributed by atoms with E-state index in [1.54, 1.807) is 6.08 Å². The second-order valence-electron chi connectivity index (χ2n) is 9.84. The van der Waals surface area contributed by atoms with Crippen LogP contribution in [0, 0.1) is 5.41 Å². The van der Waals surface area contributed by atoms with Gasteiger partial charge in [-0.05, 0) is 56.2 Å². The molecule has 1 unspecified atom stereocenters. The summed E-state index contributed by atoms with van der Waals surface area (Å²) in [5.74, 6) is 0.870. The molecule has 38 heavy (non-hydrogen) atoms. The SMILES string of the molecule is CC1(OC2CCOCC2)C=CC(c2ncnc(Nc3ccc(N4CCN(S(C)(=O)=O)CC4)cc3)n2)=CC1=N. The largest absolute Gasteiger partial charge is 0.381 e. The average Bonchev–Trinajstić information content (AvgIpc) is 2.91. The quantitative estimate of drug-likeness (QED) is 0.545. The first kappa shape index (κ1) is 26.4. The van der Waals surface area contributed by atoms with Gasteiger partial charge in [0.1, 0.15) is 11.9 Å². The highest BCUT2D eigenvalue weighted by Gasteiger charge is 2.33. The predicted molar refractivity (Wildman–Crippen MR) is 146 cm³/mol. The molecule has 11 nitrogen and oxygen atoms in total. The minimum absolute atomic E-state index is 0.0742. The van der Waals surface area contributed by atoms with E-state index in [1.165, 1.54) is 16.9 Å². The first-order valence-electron chi connectivity index (χ1n) is 12.7. The molecule has 1 aliphatic carbocycles. The second kappa shape index (κ2) is 10.9. The molecule has 0 bridgehead atoms. The van der Waals surface area contributed by atoms with E-state index in [0.717, 1.165) is 29.8 Å². The van der Waals surface area contributed by atoms with Crippen molar-refractivity contribution in [2.75, 3.05) is 55.9 Å².